The summed E-state index contributed by atoms with van der Waals surface area (Å²) < 4.78 is 5.47. The molecule has 3 atom stereocenters. The maximum atomic E-state index is 12.4. The highest BCUT2D eigenvalue weighted by atomic mass is 16.5. The maximum absolute atomic E-state index is 12.4. The van der Waals surface area contributed by atoms with Crippen LogP contribution in [0.1, 0.15) is 43.2 Å². The zero-order valence-corrected chi connectivity index (χ0v) is 17.3. The Balaban J connectivity index is 1.33. The van der Waals surface area contributed by atoms with E-state index in [9.17, 15) is 19.5 Å². The van der Waals surface area contributed by atoms with Gasteiger partial charge < -0.3 is 20.5 Å². The molecule has 0 bridgehead atoms. The number of benzene rings is 2. The first-order valence-corrected chi connectivity index (χ1v) is 10.6. The third kappa shape index (κ3) is 4.26. The van der Waals surface area contributed by atoms with E-state index in [2.05, 4.69) is 22.8 Å². The number of hydrogen-bond donors (Lipinski definition) is 3. The van der Waals surface area contributed by atoms with Gasteiger partial charge >= 0.3 is 12.1 Å². The van der Waals surface area contributed by atoms with Gasteiger partial charge in [0.25, 0.3) is 0 Å². The number of aliphatic carboxylic acids is 1. The zero-order valence-electron chi connectivity index (χ0n) is 17.3. The molecule has 0 aliphatic heterocycles. The van der Waals surface area contributed by atoms with Crippen LogP contribution in [0.5, 0.6) is 0 Å². The predicted octanol–water partition coefficient (Wildman–Crippen LogP) is 3.28. The highest BCUT2D eigenvalue weighted by Gasteiger charge is 2.35. The Morgan fingerprint density at radius 3 is 2.26 bits per heavy atom. The van der Waals surface area contributed by atoms with Gasteiger partial charge in [0.15, 0.2) is 0 Å². The van der Waals surface area contributed by atoms with E-state index in [-0.39, 0.29) is 12.5 Å². The molecule has 1 saturated carbocycles. The van der Waals surface area contributed by atoms with Crippen molar-refractivity contribution in [3.8, 4) is 11.1 Å². The van der Waals surface area contributed by atoms with Gasteiger partial charge in [-0.25, -0.2) is 4.79 Å². The molecule has 0 radical (unpaired) electrons. The topological polar surface area (TPSA) is 105 Å². The van der Waals surface area contributed by atoms with Crippen LogP contribution < -0.4 is 10.6 Å². The third-order valence-corrected chi connectivity index (χ3v) is 6.23. The Labute approximate surface area is 180 Å². The molecule has 3 N–H and O–H groups in total. The van der Waals surface area contributed by atoms with Crippen LogP contribution in [-0.2, 0) is 14.3 Å². The van der Waals surface area contributed by atoms with Crippen molar-refractivity contribution in [2.75, 3.05) is 6.61 Å². The molecule has 0 aromatic heterocycles. The number of carboxylic acids is 1. The average molecular weight is 422 g/mol. The summed E-state index contributed by atoms with van der Waals surface area (Å²) in [4.78, 5) is 36.0. The third-order valence-electron chi connectivity index (χ3n) is 6.23. The molecule has 2 aromatic rings. The Hall–Kier alpha value is -3.35. The van der Waals surface area contributed by atoms with Crippen LogP contribution in [-0.4, -0.2) is 41.8 Å². The molecular weight excluding hydrogens is 396 g/mol. The summed E-state index contributed by atoms with van der Waals surface area (Å²) in [6, 6.07) is 14.9. The molecule has 2 aliphatic carbocycles. The summed E-state index contributed by atoms with van der Waals surface area (Å²) in [7, 11) is 0. The minimum absolute atomic E-state index is 0.0582. The number of ether oxygens (including phenoxy) is 1. The molecule has 0 saturated heterocycles. The first kappa shape index (κ1) is 20.9. The quantitative estimate of drug-likeness (QED) is 0.663. The molecule has 0 heterocycles. The van der Waals surface area contributed by atoms with Crippen molar-refractivity contribution < 1.29 is 24.2 Å². The lowest BCUT2D eigenvalue weighted by Gasteiger charge is -2.21. The highest BCUT2D eigenvalue weighted by molar-refractivity contribution is 5.86. The number of carbonyl (C=O) groups excluding carboxylic acids is 2. The average Bonchev–Trinajstić information content (AvgIpc) is 3.35. The number of hydrogen-bond acceptors (Lipinski definition) is 4. The summed E-state index contributed by atoms with van der Waals surface area (Å²) in [6.45, 7) is 1.72. The lowest BCUT2D eigenvalue weighted by atomic mass is 9.98. The van der Waals surface area contributed by atoms with E-state index >= 15 is 0 Å². The highest BCUT2D eigenvalue weighted by Crippen LogP contribution is 2.44. The first-order valence-electron chi connectivity index (χ1n) is 10.6. The maximum Gasteiger partial charge on any atom is 0.407 e. The van der Waals surface area contributed by atoms with Gasteiger partial charge in [0.05, 0.1) is 5.92 Å². The second-order valence-electron chi connectivity index (χ2n) is 8.18. The fourth-order valence-electron chi connectivity index (χ4n) is 4.62. The molecule has 31 heavy (non-hydrogen) atoms. The van der Waals surface area contributed by atoms with E-state index in [0.717, 1.165) is 28.7 Å². The van der Waals surface area contributed by atoms with E-state index in [0.29, 0.717) is 12.8 Å². The van der Waals surface area contributed by atoms with Crippen LogP contribution >= 0.6 is 0 Å². The van der Waals surface area contributed by atoms with Gasteiger partial charge in [-0.3, -0.25) is 9.59 Å². The van der Waals surface area contributed by atoms with E-state index in [1.807, 2.05) is 36.4 Å². The smallest absolute Gasteiger partial charge is 0.407 e. The second-order valence-corrected chi connectivity index (χ2v) is 8.18. The molecule has 0 spiro atoms. The predicted molar refractivity (Wildman–Crippen MR) is 115 cm³/mol. The molecule has 2 aromatic carbocycles. The number of amides is 2. The van der Waals surface area contributed by atoms with E-state index in [1.165, 1.54) is 0 Å². The molecule has 4 rings (SSSR count). The largest absolute Gasteiger partial charge is 0.481 e. The Bertz CT molecular complexity index is 959. The fraction of sp³-hybridized carbons (Fsp3) is 0.375. The van der Waals surface area contributed by atoms with Gasteiger partial charge in [-0.15, -0.1) is 0 Å². The number of fused-ring (bicyclic) bond motifs is 3. The number of carboxylic acid groups (broad SMARTS) is 1. The molecular formula is C24H26N2O5. The Kier molecular flexibility index (Phi) is 5.93. The van der Waals surface area contributed by atoms with Gasteiger partial charge in [-0.05, 0) is 42.0 Å². The Morgan fingerprint density at radius 2 is 1.65 bits per heavy atom. The van der Waals surface area contributed by atoms with Gasteiger partial charge in [0.2, 0.25) is 5.91 Å². The van der Waals surface area contributed by atoms with Gasteiger partial charge in [0.1, 0.15) is 12.6 Å². The van der Waals surface area contributed by atoms with Crippen molar-refractivity contribution in [2.24, 2.45) is 5.92 Å². The van der Waals surface area contributed by atoms with Gasteiger partial charge in [-0.2, -0.15) is 0 Å². The lowest BCUT2D eigenvalue weighted by molar-refractivity contribution is -0.142. The number of alkyl carbamates (subject to hydrolysis) is 1. The molecule has 2 amide bonds. The standard InChI is InChI=1S/C24H26N2O5/c1-14(22(27)26-21-12-6-11-19(21)23(28)29)25-24(30)31-13-20-17-9-4-2-7-15(17)16-8-3-5-10-18(16)20/h2-5,7-10,14,19-21H,6,11-13H2,1H3,(H,25,30)(H,26,27)(H,28,29)/t14-,19?,21?/m0/s1. The molecule has 2 aliphatic rings. The lowest BCUT2D eigenvalue weighted by Crippen LogP contribution is -2.50. The van der Waals surface area contributed by atoms with Crippen molar-refractivity contribution in [2.45, 2.75) is 44.2 Å². The van der Waals surface area contributed by atoms with Crippen molar-refractivity contribution >= 4 is 18.0 Å². The fourth-order valence-corrected chi connectivity index (χ4v) is 4.62. The summed E-state index contributed by atoms with van der Waals surface area (Å²) in [5.74, 6) is -1.95. The molecule has 1 fully saturated rings. The molecule has 7 nitrogen and oxygen atoms in total. The van der Waals surface area contributed by atoms with Crippen LogP contribution in [0.15, 0.2) is 48.5 Å². The van der Waals surface area contributed by atoms with Crippen molar-refractivity contribution in [3.05, 3.63) is 59.7 Å². The van der Waals surface area contributed by atoms with E-state index in [4.69, 9.17) is 4.74 Å². The van der Waals surface area contributed by atoms with Crippen molar-refractivity contribution in [1.29, 1.82) is 0 Å². The Morgan fingerprint density at radius 1 is 1.03 bits per heavy atom. The van der Waals surface area contributed by atoms with Crippen LogP contribution in [0.25, 0.3) is 11.1 Å². The number of rotatable bonds is 6. The van der Waals surface area contributed by atoms with E-state index < -0.39 is 36.0 Å². The van der Waals surface area contributed by atoms with Crippen molar-refractivity contribution in [1.82, 2.24) is 10.6 Å². The van der Waals surface area contributed by atoms with Crippen LogP contribution in [0, 0.1) is 5.92 Å². The monoisotopic (exact) mass is 422 g/mol. The normalized spacial score (nSPS) is 20.4. The van der Waals surface area contributed by atoms with Crippen molar-refractivity contribution in [3.63, 3.8) is 0 Å². The van der Waals surface area contributed by atoms with Gasteiger partial charge in [0, 0.05) is 12.0 Å². The summed E-state index contributed by atoms with van der Waals surface area (Å²) in [5.41, 5.74) is 4.51. The molecule has 162 valence electrons. The minimum atomic E-state index is -0.903. The number of carbonyl (C=O) groups is 3. The molecule has 7 heteroatoms. The summed E-state index contributed by atoms with van der Waals surface area (Å²) in [5, 5.41) is 14.6. The zero-order chi connectivity index (χ0) is 22.0. The summed E-state index contributed by atoms with van der Waals surface area (Å²) in [6.07, 6.45) is 1.26. The summed E-state index contributed by atoms with van der Waals surface area (Å²) >= 11 is 0. The SMILES string of the molecule is C[C@H](NC(=O)OCC1c2ccccc2-c2ccccc21)C(=O)NC1CCCC1C(=O)O. The first-order chi connectivity index (χ1) is 15.0. The van der Waals surface area contributed by atoms with Crippen LogP contribution in [0.2, 0.25) is 0 Å². The van der Waals surface area contributed by atoms with Gasteiger partial charge in [-0.1, -0.05) is 55.0 Å². The molecule has 2 unspecified atom stereocenters. The van der Waals surface area contributed by atoms with Crippen LogP contribution in [0.4, 0.5) is 4.79 Å². The van der Waals surface area contributed by atoms with Crippen LogP contribution in [0.3, 0.4) is 0 Å². The minimum Gasteiger partial charge on any atom is -0.481 e. The number of nitrogens with one attached hydrogen (secondary N) is 2. The van der Waals surface area contributed by atoms with E-state index in [1.54, 1.807) is 6.92 Å². The second kappa shape index (κ2) is 8.79.